The highest BCUT2D eigenvalue weighted by molar-refractivity contribution is 6.01. The molecular weight excluding hydrogens is 498 g/mol. The highest BCUT2D eigenvalue weighted by Crippen LogP contribution is 2.20. The van der Waals surface area contributed by atoms with E-state index in [1.165, 1.54) is 69.9 Å². The Kier molecular flexibility index (Phi) is 9.25. The summed E-state index contributed by atoms with van der Waals surface area (Å²) < 4.78 is 25.7. The van der Waals surface area contributed by atoms with E-state index in [9.17, 15) is 24.3 Å². The fraction of sp³-hybridized carbons (Fsp3) is 0.185. The Morgan fingerprint density at radius 1 is 0.658 bits per heavy atom. The fourth-order valence-corrected chi connectivity index (χ4v) is 3.25. The second-order valence-corrected chi connectivity index (χ2v) is 7.67. The van der Waals surface area contributed by atoms with Gasteiger partial charge in [-0.25, -0.2) is 14.4 Å². The summed E-state index contributed by atoms with van der Waals surface area (Å²) in [5.41, 5.74) is 0.195. The number of hydrogen-bond acceptors (Lipinski definition) is 9. The Labute approximate surface area is 217 Å². The number of aliphatic carboxylic acids is 1. The van der Waals surface area contributed by atoms with Crippen molar-refractivity contribution < 1.29 is 48.0 Å². The molecular formula is C27H25NO10. The van der Waals surface area contributed by atoms with Crippen molar-refractivity contribution in [2.24, 2.45) is 0 Å². The van der Waals surface area contributed by atoms with Gasteiger partial charge >= 0.3 is 17.9 Å². The number of amides is 1. The summed E-state index contributed by atoms with van der Waals surface area (Å²) in [5, 5.41) is 12.3. The van der Waals surface area contributed by atoms with Gasteiger partial charge in [-0.3, -0.25) is 4.79 Å². The first-order valence-electron chi connectivity index (χ1n) is 11.1. The van der Waals surface area contributed by atoms with Crippen molar-refractivity contribution in [1.29, 1.82) is 0 Å². The van der Waals surface area contributed by atoms with Gasteiger partial charge < -0.3 is 34.1 Å². The maximum atomic E-state index is 13.2. The zero-order chi connectivity index (χ0) is 27.7. The largest absolute Gasteiger partial charge is 0.497 e. The van der Waals surface area contributed by atoms with E-state index in [0.717, 1.165) is 0 Å². The highest BCUT2D eigenvalue weighted by atomic mass is 16.6. The molecule has 0 spiro atoms. The van der Waals surface area contributed by atoms with Gasteiger partial charge in [0.15, 0.2) is 0 Å². The molecule has 0 radical (unpaired) electrons. The van der Waals surface area contributed by atoms with Gasteiger partial charge in [0.2, 0.25) is 12.2 Å². The molecule has 0 bridgehead atoms. The third-order valence-electron chi connectivity index (χ3n) is 5.21. The molecule has 0 saturated carbocycles. The van der Waals surface area contributed by atoms with Crippen LogP contribution in [0.25, 0.3) is 0 Å². The Balaban J connectivity index is 1.92. The van der Waals surface area contributed by atoms with Gasteiger partial charge in [-0.15, -0.1) is 0 Å². The van der Waals surface area contributed by atoms with E-state index in [1.807, 2.05) is 0 Å². The summed E-state index contributed by atoms with van der Waals surface area (Å²) in [6, 6.07) is 17.7. The Hall–Kier alpha value is -5.06. The summed E-state index contributed by atoms with van der Waals surface area (Å²) >= 11 is 0. The Morgan fingerprint density at radius 3 is 1.58 bits per heavy atom. The molecule has 11 heteroatoms. The summed E-state index contributed by atoms with van der Waals surface area (Å²) in [5.74, 6) is -3.70. The average Bonchev–Trinajstić information content (AvgIpc) is 2.94. The molecule has 0 aliphatic heterocycles. The van der Waals surface area contributed by atoms with Gasteiger partial charge in [0.25, 0.3) is 5.91 Å². The van der Waals surface area contributed by atoms with Gasteiger partial charge in [0, 0.05) is 5.69 Å². The van der Waals surface area contributed by atoms with Gasteiger partial charge in [-0.2, -0.15) is 0 Å². The van der Waals surface area contributed by atoms with Crippen LogP contribution < -0.4 is 19.5 Å². The van der Waals surface area contributed by atoms with Gasteiger partial charge in [0.1, 0.15) is 17.2 Å². The lowest BCUT2D eigenvalue weighted by Crippen LogP contribution is -2.48. The van der Waals surface area contributed by atoms with Crippen LogP contribution in [-0.2, 0) is 19.1 Å². The van der Waals surface area contributed by atoms with Crippen LogP contribution in [0.4, 0.5) is 5.69 Å². The van der Waals surface area contributed by atoms with E-state index in [0.29, 0.717) is 17.2 Å². The number of rotatable bonds is 11. The molecule has 0 unspecified atom stereocenters. The molecule has 38 heavy (non-hydrogen) atoms. The highest BCUT2D eigenvalue weighted by Gasteiger charge is 2.41. The van der Waals surface area contributed by atoms with E-state index < -0.39 is 36.0 Å². The summed E-state index contributed by atoms with van der Waals surface area (Å²) in [6.07, 6.45) is -4.26. The minimum absolute atomic E-state index is 0.0186. The van der Waals surface area contributed by atoms with E-state index in [2.05, 4.69) is 5.32 Å². The predicted octanol–water partition coefficient (Wildman–Crippen LogP) is 3.19. The van der Waals surface area contributed by atoms with Crippen molar-refractivity contribution >= 4 is 29.5 Å². The second kappa shape index (κ2) is 12.8. The van der Waals surface area contributed by atoms with Gasteiger partial charge in [0.05, 0.1) is 32.5 Å². The molecule has 0 saturated heterocycles. The monoisotopic (exact) mass is 523 g/mol. The first-order chi connectivity index (χ1) is 18.2. The summed E-state index contributed by atoms with van der Waals surface area (Å²) in [7, 11) is 4.26. The zero-order valence-corrected chi connectivity index (χ0v) is 20.7. The van der Waals surface area contributed by atoms with Crippen LogP contribution in [0.2, 0.25) is 0 Å². The van der Waals surface area contributed by atoms with Crippen LogP contribution in [0, 0.1) is 0 Å². The molecule has 3 rings (SSSR count). The van der Waals surface area contributed by atoms with Crippen molar-refractivity contribution in [3.05, 3.63) is 83.9 Å². The fourth-order valence-electron chi connectivity index (χ4n) is 3.25. The lowest BCUT2D eigenvalue weighted by Gasteiger charge is -2.23. The zero-order valence-electron chi connectivity index (χ0n) is 20.7. The molecule has 2 atom stereocenters. The lowest BCUT2D eigenvalue weighted by molar-refractivity contribution is -0.157. The van der Waals surface area contributed by atoms with E-state index in [4.69, 9.17) is 23.7 Å². The van der Waals surface area contributed by atoms with Crippen LogP contribution >= 0.6 is 0 Å². The number of carboxylic acids is 1. The molecule has 198 valence electrons. The van der Waals surface area contributed by atoms with Crippen molar-refractivity contribution in [3.8, 4) is 17.2 Å². The normalized spacial score (nSPS) is 11.9. The number of ether oxygens (including phenoxy) is 5. The summed E-state index contributed by atoms with van der Waals surface area (Å²) in [6.45, 7) is 0. The molecule has 0 aromatic heterocycles. The number of benzene rings is 3. The number of carbonyl (C=O) groups is 4. The minimum Gasteiger partial charge on any atom is -0.497 e. The van der Waals surface area contributed by atoms with E-state index in [1.54, 1.807) is 24.3 Å². The molecule has 3 aromatic rings. The van der Waals surface area contributed by atoms with Gasteiger partial charge in [-0.05, 0) is 60.7 Å². The number of carboxylic acid groups (broad SMARTS) is 1. The van der Waals surface area contributed by atoms with Crippen molar-refractivity contribution in [2.45, 2.75) is 12.2 Å². The third-order valence-corrected chi connectivity index (χ3v) is 5.21. The Morgan fingerprint density at radius 2 is 1.13 bits per heavy atom. The van der Waals surface area contributed by atoms with E-state index >= 15 is 0 Å². The molecule has 1 amide bonds. The molecule has 0 aliphatic rings. The molecule has 0 aliphatic carbocycles. The molecule has 11 nitrogen and oxygen atoms in total. The van der Waals surface area contributed by atoms with Crippen molar-refractivity contribution in [3.63, 3.8) is 0 Å². The van der Waals surface area contributed by atoms with Crippen LogP contribution in [-0.4, -0.2) is 62.5 Å². The maximum Gasteiger partial charge on any atom is 0.349 e. The molecule has 0 heterocycles. The van der Waals surface area contributed by atoms with E-state index in [-0.39, 0.29) is 16.8 Å². The number of carbonyl (C=O) groups excluding carboxylic acids is 3. The summed E-state index contributed by atoms with van der Waals surface area (Å²) in [4.78, 5) is 51.1. The molecule has 0 fully saturated rings. The number of methoxy groups -OCH3 is 3. The lowest BCUT2D eigenvalue weighted by atomic mass is 10.1. The number of esters is 2. The van der Waals surface area contributed by atoms with Crippen LogP contribution in [0.3, 0.4) is 0 Å². The number of hydrogen-bond donors (Lipinski definition) is 2. The van der Waals surface area contributed by atoms with Crippen LogP contribution in [0.1, 0.15) is 20.7 Å². The SMILES string of the molecule is COc1ccc(NC(=O)[C@@H](OC(=O)c2cccc(OC)c2)[C@@H](OC(=O)c2cccc(OC)c2)C(=O)O)cc1. The first-order valence-corrected chi connectivity index (χ1v) is 11.1. The number of anilines is 1. The van der Waals surface area contributed by atoms with Crippen molar-refractivity contribution in [1.82, 2.24) is 0 Å². The number of nitrogens with one attached hydrogen (secondary N) is 1. The van der Waals surface area contributed by atoms with Crippen LogP contribution in [0.5, 0.6) is 17.2 Å². The smallest absolute Gasteiger partial charge is 0.349 e. The molecule has 3 aromatic carbocycles. The topological polar surface area (TPSA) is 147 Å². The predicted molar refractivity (Wildman–Crippen MR) is 134 cm³/mol. The maximum absolute atomic E-state index is 13.2. The standard InChI is InChI=1S/C27H25NO10/c1-34-19-12-10-18(11-13-19)28-24(29)22(37-26(32)16-6-4-8-20(14-16)35-2)23(25(30)31)38-27(33)17-7-5-9-21(15-17)36-3/h4-15,22-23H,1-3H3,(H,28,29)(H,30,31)/t22-,23+/m0/s1. The average molecular weight is 523 g/mol. The third kappa shape index (κ3) is 7.00. The Bertz CT molecular complexity index is 1310. The first kappa shape index (κ1) is 27.5. The molecule has 2 N–H and O–H groups in total. The van der Waals surface area contributed by atoms with Gasteiger partial charge in [-0.1, -0.05) is 12.1 Å². The minimum atomic E-state index is -2.19. The quantitative estimate of drug-likeness (QED) is 0.359. The van der Waals surface area contributed by atoms with Crippen LogP contribution in [0.15, 0.2) is 72.8 Å². The van der Waals surface area contributed by atoms with Crippen molar-refractivity contribution in [2.75, 3.05) is 26.6 Å². The second-order valence-electron chi connectivity index (χ2n) is 7.67.